The molecular formula is C19H23N3O4. The van der Waals surface area contributed by atoms with Crippen LogP contribution < -0.4 is 5.32 Å². The van der Waals surface area contributed by atoms with Gasteiger partial charge in [-0.1, -0.05) is 18.2 Å². The van der Waals surface area contributed by atoms with E-state index in [1.807, 2.05) is 30.5 Å². The van der Waals surface area contributed by atoms with Gasteiger partial charge in [0, 0.05) is 43.0 Å². The molecule has 2 heterocycles. The van der Waals surface area contributed by atoms with E-state index in [1.165, 1.54) is 6.92 Å². The number of aromatic amines is 1. The van der Waals surface area contributed by atoms with Crippen molar-refractivity contribution in [1.29, 1.82) is 0 Å². The first-order valence-electron chi connectivity index (χ1n) is 8.74. The number of H-pyrrole nitrogens is 1. The van der Waals surface area contributed by atoms with Gasteiger partial charge in [-0.25, -0.2) is 0 Å². The van der Waals surface area contributed by atoms with Gasteiger partial charge in [0.1, 0.15) is 6.04 Å². The average molecular weight is 357 g/mol. The maximum Gasteiger partial charge on any atom is 0.308 e. The minimum atomic E-state index is -0.888. The lowest BCUT2D eigenvalue weighted by molar-refractivity contribution is -0.143. The van der Waals surface area contributed by atoms with Gasteiger partial charge in [0.05, 0.1) is 5.92 Å². The maximum absolute atomic E-state index is 13.0. The zero-order chi connectivity index (χ0) is 18.8. The number of benzene rings is 1. The zero-order valence-corrected chi connectivity index (χ0v) is 14.9. The molecule has 0 radical (unpaired) electrons. The lowest BCUT2D eigenvalue weighted by Crippen LogP contribution is -2.51. The van der Waals surface area contributed by atoms with Crippen molar-refractivity contribution >= 4 is 28.7 Å². The van der Waals surface area contributed by atoms with Gasteiger partial charge in [-0.2, -0.15) is 0 Å². The van der Waals surface area contributed by atoms with Crippen molar-refractivity contribution in [2.24, 2.45) is 5.92 Å². The summed E-state index contributed by atoms with van der Waals surface area (Å²) >= 11 is 0. The lowest BCUT2D eigenvalue weighted by atomic mass is 10.0. The van der Waals surface area contributed by atoms with E-state index in [1.54, 1.807) is 11.8 Å². The molecule has 1 aliphatic heterocycles. The third kappa shape index (κ3) is 3.42. The molecule has 0 spiro atoms. The van der Waals surface area contributed by atoms with Crippen LogP contribution in [0.4, 0.5) is 0 Å². The van der Waals surface area contributed by atoms with E-state index in [0.29, 0.717) is 19.4 Å². The fraction of sp³-hybridized carbons (Fsp3) is 0.421. The van der Waals surface area contributed by atoms with Gasteiger partial charge in [-0.15, -0.1) is 0 Å². The summed E-state index contributed by atoms with van der Waals surface area (Å²) in [5.41, 5.74) is 1.91. The number of carboxylic acids is 1. The van der Waals surface area contributed by atoms with E-state index in [9.17, 15) is 19.5 Å². The Bertz CT molecular complexity index is 844. The van der Waals surface area contributed by atoms with Gasteiger partial charge in [0.15, 0.2) is 0 Å². The number of aromatic nitrogens is 1. The first kappa shape index (κ1) is 18.0. The highest BCUT2D eigenvalue weighted by Crippen LogP contribution is 2.26. The van der Waals surface area contributed by atoms with Gasteiger partial charge in [0.2, 0.25) is 11.8 Å². The second-order valence-electron chi connectivity index (χ2n) is 6.82. The number of carbonyl (C=O) groups is 3. The summed E-state index contributed by atoms with van der Waals surface area (Å²) in [6, 6.07) is 6.66. The molecule has 0 aliphatic carbocycles. The first-order chi connectivity index (χ1) is 12.4. The summed E-state index contributed by atoms with van der Waals surface area (Å²) in [5, 5.41) is 13.0. The Morgan fingerprint density at radius 3 is 2.73 bits per heavy atom. The van der Waals surface area contributed by atoms with Crippen LogP contribution in [0.25, 0.3) is 10.9 Å². The summed E-state index contributed by atoms with van der Waals surface area (Å²) in [7, 11) is 0. The van der Waals surface area contributed by atoms with Crippen molar-refractivity contribution < 1.29 is 19.5 Å². The fourth-order valence-electron chi connectivity index (χ4n) is 3.75. The molecule has 2 amide bonds. The number of hydrogen-bond acceptors (Lipinski definition) is 3. The largest absolute Gasteiger partial charge is 0.481 e. The van der Waals surface area contributed by atoms with E-state index in [0.717, 1.165) is 16.5 Å². The number of aliphatic carboxylic acids is 1. The third-order valence-electron chi connectivity index (χ3n) is 5.13. The molecule has 7 heteroatoms. The summed E-state index contributed by atoms with van der Waals surface area (Å²) in [6.07, 6.45) is 2.63. The molecule has 1 saturated heterocycles. The summed E-state index contributed by atoms with van der Waals surface area (Å²) in [6.45, 7) is 3.52. The number of para-hydroxylation sites is 1. The standard InChI is InChI=1S/C19H23N3O4/c1-11-14(19(25)26)7-8-22(11)18(24)17(21-12(2)23)9-13-10-20-16-6-4-3-5-15(13)16/h3-6,10-11,14,17,20H,7-9H2,1-2H3,(H,21,23)(H,25,26). The fourth-order valence-corrected chi connectivity index (χ4v) is 3.75. The molecule has 3 N–H and O–H groups in total. The quantitative estimate of drug-likeness (QED) is 0.755. The van der Waals surface area contributed by atoms with Crippen LogP contribution in [0.15, 0.2) is 30.5 Å². The Labute approximate surface area is 151 Å². The van der Waals surface area contributed by atoms with Crippen molar-refractivity contribution in [3.63, 3.8) is 0 Å². The highest BCUT2D eigenvalue weighted by molar-refractivity contribution is 5.90. The molecule has 1 aliphatic rings. The SMILES string of the molecule is CC(=O)NC(Cc1c[nH]c2ccccc12)C(=O)N1CCC(C(=O)O)C1C. The molecular weight excluding hydrogens is 334 g/mol. The number of nitrogens with one attached hydrogen (secondary N) is 2. The average Bonchev–Trinajstić information content (AvgIpc) is 3.17. The minimum absolute atomic E-state index is 0.235. The van der Waals surface area contributed by atoms with E-state index < -0.39 is 17.9 Å². The zero-order valence-electron chi connectivity index (χ0n) is 14.9. The third-order valence-corrected chi connectivity index (χ3v) is 5.13. The van der Waals surface area contributed by atoms with Crippen LogP contribution in [-0.2, 0) is 20.8 Å². The Morgan fingerprint density at radius 2 is 2.08 bits per heavy atom. The minimum Gasteiger partial charge on any atom is -0.481 e. The number of nitrogens with zero attached hydrogens (tertiary/aromatic N) is 1. The molecule has 7 nitrogen and oxygen atoms in total. The molecule has 2 aromatic rings. The number of fused-ring (bicyclic) bond motifs is 1. The van der Waals surface area contributed by atoms with Crippen LogP contribution in [0.3, 0.4) is 0 Å². The predicted molar refractivity (Wildman–Crippen MR) is 96.5 cm³/mol. The van der Waals surface area contributed by atoms with E-state index >= 15 is 0 Å². The van der Waals surface area contributed by atoms with Gasteiger partial charge in [-0.05, 0) is 25.0 Å². The second-order valence-corrected chi connectivity index (χ2v) is 6.82. The molecule has 3 rings (SSSR count). The van der Waals surface area contributed by atoms with Crippen molar-refractivity contribution in [2.45, 2.75) is 38.8 Å². The highest BCUT2D eigenvalue weighted by Gasteiger charge is 2.40. The smallest absolute Gasteiger partial charge is 0.308 e. The van der Waals surface area contributed by atoms with E-state index in [2.05, 4.69) is 10.3 Å². The Balaban J connectivity index is 1.83. The van der Waals surface area contributed by atoms with Crippen LogP contribution in [0.2, 0.25) is 0 Å². The normalized spacial score (nSPS) is 20.9. The maximum atomic E-state index is 13.0. The molecule has 3 unspecified atom stereocenters. The van der Waals surface area contributed by atoms with E-state index in [-0.39, 0.29) is 17.9 Å². The molecule has 138 valence electrons. The van der Waals surface area contributed by atoms with Crippen molar-refractivity contribution in [3.05, 3.63) is 36.0 Å². The van der Waals surface area contributed by atoms with Crippen molar-refractivity contribution in [1.82, 2.24) is 15.2 Å². The summed E-state index contributed by atoms with van der Waals surface area (Å²) in [4.78, 5) is 40.7. The summed E-state index contributed by atoms with van der Waals surface area (Å²) < 4.78 is 0. The first-order valence-corrected chi connectivity index (χ1v) is 8.74. The van der Waals surface area contributed by atoms with Crippen LogP contribution in [0, 0.1) is 5.92 Å². The number of carboxylic acid groups (broad SMARTS) is 1. The Kier molecular flexibility index (Phi) is 4.97. The molecule has 0 bridgehead atoms. The monoisotopic (exact) mass is 357 g/mol. The molecule has 3 atom stereocenters. The number of amides is 2. The molecule has 1 aromatic heterocycles. The van der Waals surface area contributed by atoms with Crippen LogP contribution in [-0.4, -0.2) is 51.4 Å². The van der Waals surface area contributed by atoms with Crippen LogP contribution in [0.1, 0.15) is 25.8 Å². The highest BCUT2D eigenvalue weighted by atomic mass is 16.4. The van der Waals surface area contributed by atoms with Crippen LogP contribution >= 0.6 is 0 Å². The van der Waals surface area contributed by atoms with Crippen LogP contribution in [0.5, 0.6) is 0 Å². The Morgan fingerprint density at radius 1 is 1.35 bits per heavy atom. The molecule has 1 fully saturated rings. The number of carbonyl (C=O) groups excluding carboxylic acids is 2. The molecule has 0 saturated carbocycles. The predicted octanol–water partition coefficient (Wildman–Crippen LogP) is 1.54. The van der Waals surface area contributed by atoms with Gasteiger partial charge in [0.25, 0.3) is 0 Å². The topological polar surface area (TPSA) is 103 Å². The Hall–Kier alpha value is -2.83. The number of hydrogen-bond donors (Lipinski definition) is 3. The second kappa shape index (κ2) is 7.19. The molecule has 1 aromatic carbocycles. The van der Waals surface area contributed by atoms with Crippen molar-refractivity contribution in [2.75, 3.05) is 6.54 Å². The van der Waals surface area contributed by atoms with E-state index in [4.69, 9.17) is 0 Å². The number of rotatable bonds is 5. The summed E-state index contributed by atoms with van der Waals surface area (Å²) in [5.74, 6) is -1.97. The lowest BCUT2D eigenvalue weighted by Gasteiger charge is -2.28. The van der Waals surface area contributed by atoms with Gasteiger partial charge in [-0.3, -0.25) is 14.4 Å². The molecule has 26 heavy (non-hydrogen) atoms. The van der Waals surface area contributed by atoms with Gasteiger partial charge < -0.3 is 20.3 Å². The van der Waals surface area contributed by atoms with Crippen molar-refractivity contribution in [3.8, 4) is 0 Å². The van der Waals surface area contributed by atoms with Gasteiger partial charge >= 0.3 is 5.97 Å². The number of likely N-dealkylation sites (tertiary alicyclic amines) is 1.